The van der Waals surface area contributed by atoms with Crippen LogP contribution in [0.2, 0.25) is 0 Å². The number of benzene rings is 1. The molecule has 16 heavy (non-hydrogen) atoms. The van der Waals surface area contributed by atoms with Crippen LogP contribution in [-0.2, 0) is 0 Å². The van der Waals surface area contributed by atoms with Gasteiger partial charge < -0.3 is 15.0 Å². The SMILES string of the molecule is COc1cc(Br)cc2c1NC[C@@H]1CCCN21. The maximum Gasteiger partial charge on any atom is 0.145 e. The van der Waals surface area contributed by atoms with Crippen LogP contribution in [0, 0.1) is 0 Å². The van der Waals surface area contributed by atoms with Gasteiger partial charge in [0.25, 0.3) is 0 Å². The smallest absolute Gasteiger partial charge is 0.145 e. The largest absolute Gasteiger partial charge is 0.494 e. The van der Waals surface area contributed by atoms with Crippen LogP contribution in [0.4, 0.5) is 11.4 Å². The second-order valence-electron chi connectivity index (χ2n) is 4.37. The first-order valence-corrected chi connectivity index (χ1v) is 6.47. The summed E-state index contributed by atoms with van der Waals surface area (Å²) in [6.45, 7) is 2.20. The molecule has 0 radical (unpaired) electrons. The Labute approximate surface area is 104 Å². The van der Waals surface area contributed by atoms with Gasteiger partial charge in [-0.15, -0.1) is 0 Å². The Balaban J connectivity index is 2.11. The molecule has 0 saturated carbocycles. The monoisotopic (exact) mass is 282 g/mol. The Bertz CT molecular complexity index is 422. The summed E-state index contributed by atoms with van der Waals surface area (Å²) in [5.74, 6) is 0.926. The minimum Gasteiger partial charge on any atom is -0.494 e. The molecule has 2 aliphatic rings. The molecule has 0 aromatic heterocycles. The fourth-order valence-electron chi connectivity index (χ4n) is 2.72. The van der Waals surface area contributed by atoms with Crippen molar-refractivity contribution in [3.05, 3.63) is 16.6 Å². The highest BCUT2D eigenvalue weighted by Crippen LogP contribution is 2.43. The van der Waals surface area contributed by atoms with Crippen LogP contribution in [0.25, 0.3) is 0 Å². The van der Waals surface area contributed by atoms with Crippen LogP contribution in [0.3, 0.4) is 0 Å². The number of methoxy groups -OCH3 is 1. The summed E-state index contributed by atoms with van der Waals surface area (Å²) in [5.41, 5.74) is 2.42. The van der Waals surface area contributed by atoms with E-state index in [2.05, 4.69) is 32.2 Å². The number of anilines is 2. The third-order valence-corrected chi connectivity index (χ3v) is 3.92. The number of nitrogens with one attached hydrogen (secondary N) is 1. The minimum absolute atomic E-state index is 0.659. The Hall–Kier alpha value is -0.900. The summed E-state index contributed by atoms with van der Waals surface area (Å²) in [5, 5.41) is 3.49. The number of hydrogen-bond donors (Lipinski definition) is 1. The summed E-state index contributed by atoms with van der Waals surface area (Å²) >= 11 is 3.54. The fourth-order valence-corrected chi connectivity index (χ4v) is 3.14. The summed E-state index contributed by atoms with van der Waals surface area (Å²) < 4.78 is 6.50. The van der Waals surface area contributed by atoms with Gasteiger partial charge in [-0.2, -0.15) is 0 Å². The molecule has 3 rings (SSSR count). The number of ether oxygens (including phenoxy) is 1. The molecular formula is C12H15BrN2O. The van der Waals surface area contributed by atoms with Gasteiger partial charge in [-0.3, -0.25) is 0 Å². The van der Waals surface area contributed by atoms with Gasteiger partial charge in [0.1, 0.15) is 11.4 Å². The molecule has 0 aliphatic carbocycles. The molecule has 0 bridgehead atoms. The molecule has 4 heteroatoms. The van der Waals surface area contributed by atoms with Gasteiger partial charge in [-0.05, 0) is 25.0 Å². The van der Waals surface area contributed by atoms with Gasteiger partial charge in [0.2, 0.25) is 0 Å². The Morgan fingerprint density at radius 3 is 3.19 bits per heavy atom. The van der Waals surface area contributed by atoms with Crippen molar-refractivity contribution in [3.8, 4) is 5.75 Å². The Morgan fingerprint density at radius 1 is 1.50 bits per heavy atom. The number of nitrogens with zero attached hydrogens (tertiary/aromatic N) is 1. The maximum atomic E-state index is 5.42. The van der Waals surface area contributed by atoms with E-state index >= 15 is 0 Å². The standard InChI is InChI=1S/C12H15BrN2O/c1-16-11-6-8(13)5-10-12(11)14-7-9-3-2-4-15(9)10/h5-6,9,14H,2-4,7H2,1H3/t9-/m0/s1. The second kappa shape index (κ2) is 3.84. The van der Waals surface area contributed by atoms with Crippen molar-refractivity contribution in [2.45, 2.75) is 18.9 Å². The third-order valence-electron chi connectivity index (χ3n) is 3.47. The van der Waals surface area contributed by atoms with E-state index in [0.717, 1.165) is 22.5 Å². The molecule has 1 aromatic carbocycles. The molecule has 2 heterocycles. The van der Waals surface area contributed by atoms with Gasteiger partial charge >= 0.3 is 0 Å². The van der Waals surface area contributed by atoms with Crippen LogP contribution < -0.4 is 15.0 Å². The normalized spacial score (nSPS) is 22.4. The lowest BCUT2D eigenvalue weighted by atomic mass is 10.1. The van der Waals surface area contributed by atoms with Gasteiger partial charge in [0.05, 0.1) is 12.8 Å². The molecule has 2 aliphatic heterocycles. The summed E-state index contributed by atoms with van der Waals surface area (Å²) in [7, 11) is 1.72. The van der Waals surface area contributed by atoms with Crippen LogP contribution in [0.5, 0.6) is 5.75 Å². The van der Waals surface area contributed by atoms with Crippen molar-refractivity contribution in [2.75, 3.05) is 30.4 Å². The lowest BCUT2D eigenvalue weighted by molar-refractivity contribution is 0.415. The van der Waals surface area contributed by atoms with Crippen molar-refractivity contribution in [1.82, 2.24) is 0 Å². The first kappa shape index (κ1) is 10.3. The molecule has 3 nitrogen and oxygen atoms in total. The number of hydrogen-bond acceptors (Lipinski definition) is 3. The van der Waals surface area contributed by atoms with Gasteiger partial charge in [-0.1, -0.05) is 15.9 Å². The maximum absolute atomic E-state index is 5.42. The van der Waals surface area contributed by atoms with Gasteiger partial charge in [0, 0.05) is 23.6 Å². The van der Waals surface area contributed by atoms with E-state index in [4.69, 9.17) is 4.74 Å². The summed E-state index contributed by atoms with van der Waals surface area (Å²) in [6, 6.07) is 4.86. The Kier molecular flexibility index (Phi) is 2.46. The number of fused-ring (bicyclic) bond motifs is 3. The van der Waals surface area contributed by atoms with E-state index in [1.807, 2.05) is 6.07 Å². The van der Waals surface area contributed by atoms with Crippen LogP contribution in [0.1, 0.15) is 12.8 Å². The topological polar surface area (TPSA) is 24.5 Å². The van der Waals surface area contributed by atoms with Crippen LogP contribution in [0.15, 0.2) is 16.6 Å². The van der Waals surface area contributed by atoms with Crippen molar-refractivity contribution >= 4 is 27.3 Å². The first-order valence-electron chi connectivity index (χ1n) is 5.67. The van der Waals surface area contributed by atoms with Crippen LogP contribution >= 0.6 is 15.9 Å². The molecule has 0 amide bonds. The molecular weight excluding hydrogens is 268 g/mol. The zero-order valence-electron chi connectivity index (χ0n) is 9.29. The number of halogens is 1. The molecule has 1 N–H and O–H groups in total. The van der Waals surface area contributed by atoms with E-state index in [1.54, 1.807) is 7.11 Å². The highest BCUT2D eigenvalue weighted by Gasteiger charge is 2.31. The summed E-state index contributed by atoms with van der Waals surface area (Å²) in [4.78, 5) is 2.50. The molecule has 1 aromatic rings. The number of rotatable bonds is 1. The van der Waals surface area contributed by atoms with Crippen molar-refractivity contribution < 1.29 is 4.74 Å². The van der Waals surface area contributed by atoms with Crippen molar-refractivity contribution in [1.29, 1.82) is 0 Å². The highest BCUT2D eigenvalue weighted by atomic mass is 79.9. The Morgan fingerprint density at radius 2 is 2.38 bits per heavy atom. The fraction of sp³-hybridized carbons (Fsp3) is 0.500. The highest BCUT2D eigenvalue weighted by molar-refractivity contribution is 9.10. The van der Waals surface area contributed by atoms with Gasteiger partial charge in [-0.25, -0.2) is 0 Å². The lowest BCUT2D eigenvalue weighted by Gasteiger charge is -2.35. The van der Waals surface area contributed by atoms with E-state index in [9.17, 15) is 0 Å². The molecule has 1 saturated heterocycles. The molecule has 86 valence electrons. The van der Waals surface area contributed by atoms with Crippen LogP contribution in [-0.4, -0.2) is 26.2 Å². The quantitative estimate of drug-likeness (QED) is 0.857. The zero-order chi connectivity index (χ0) is 11.1. The molecule has 1 fully saturated rings. The second-order valence-corrected chi connectivity index (χ2v) is 5.29. The predicted octanol–water partition coefficient (Wildman–Crippen LogP) is 2.85. The van der Waals surface area contributed by atoms with Gasteiger partial charge in [0.15, 0.2) is 0 Å². The lowest BCUT2D eigenvalue weighted by Crippen LogP contribution is -2.39. The summed E-state index contributed by atoms with van der Waals surface area (Å²) in [6.07, 6.45) is 2.59. The van der Waals surface area contributed by atoms with E-state index in [-0.39, 0.29) is 0 Å². The van der Waals surface area contributed by atoms with E-state index in [1.165, 1.54) is 25.1 Å². The minimum atomic E-state index is 0.659. The molecule has 1 atom stereocenters. The zero-order valence-corrected chi connectivity index (χ0v) is 10.9. The predicted molar refractivity (Wildman–Crippen MR) is 69.6 cm³/mol. The molecule has 0 unspecified atom stereocenters. The molecule has 0 spiro atoms. The van der Waals surface area contributed by atoms with E-state index in [0.29, 0.717) is 6.04 Å². The third kappa shape index (κ3) is 1.47. The first-order chi connectivity index (χ1) is 7.79. The van der Waals surface area contributed by atoms with E-state index < -0.39 is 0 Å². The average molecular weight is 283 g/mol. The van der Waals surface area contributed by atoms with Crippen molar-refractivity contribution in [3.63, 3.8) is 0 Å². The van der Waals surface area contributed by atoms with Crippen molar-refractivity contribution in [2.24, 2.45) is 0 Å². The average Bonchev–Trinajstić information content (AvgIpc) is 2.76.